The van der Waals surface area contributed by atoms with E-state index >= 15 is 0 Å². The van der Waals surface area contributed by atoms with E-state index in [0.717, 1.165) is 36.3 Å². The predicted octanol–water partition coefficient (Wildman–Crippen LogP) is 4.45. The van der Waals surface area contributed by atoms with Gasteiger partial charge in [-0.1, -0.05) is 35.3 Å². The lowest BCUT2D eigenvalue weighted by molar-refractivity contribution is 0.836. The molecule has 1 heterocycles. The second-order valence-electron chi connectivity index (χ2n) is 5.26. The lowest BCUT2D eigenvalue weighted by Gasteiger charge is -2.20. The molecule has 0 saturated heterocycles. The van der Waals surface area contributed by atoms with E-state index in [1.807, 2.05) is 18.2 Å². The third kappa shape index (κ3) is 2.46. The second kappa shape index (κ2) is 5.19. The van der Waals surface area contributed by atoms with Crippen LogP contribution in [0.5, 0.6) is 0 Å². The summed E-state index contributed by atoms with van der Waals surface area (Å²) in [7, 11) is 0. The SMILES string of the molecule is Cc1cc2c(cc1N)N(Cc1ccc(Cl)c(Cl)c1)CC2. The van der Waals surface area contributed by atoms with Gasteiger partial charge in [0.25, 0.3) is 0 Å². The number of aryl methyl sites for hydroxylation is 1. The number of halogens is 2. The molecule has 1 aliphatic heterocycles. The quantitative estimate of drug-likeness (QED) is 0.831. The summed E-state index contributed by atoms with van der Waals surface area (Å²) >= 11 is 12.0. The molecule has 2 aromatic rings. The molecule has 0 atom stereocenters. The zero-order valence-electron chi connectivity index (χ0n) is 11.3. The van der Waals surface area contributed by atoms with Crippen LogP contribution in [0.3, 0.4) is 0 Å². The lowest BCUT2D eigenvalue weighted by Crippen LogP contribution is -2.19. The fourth-order valence-electron chi connectivity index (χ4n) is 2.67. The Balaban J connectivity index is 1.88. The molecule has 0 saturated carbocycles. The van der Waals surface area contributed by atoms with E-state index in [2.05, 4.69) is 24.0 Å². The topological polar surface area (TPSA) is 29.3 Å². The smallest absolute Gasteiger partial charge is 0.0595 e. The number of nitrogens with zero attached hydrogens (tertiary/aromatic N) is 1. The maximum atomic E-state index is 6.08. The number of hydrogen-bond acceptors (Lipinski definition) is 2. The maximum Gasteiger partial charge on any atom is 0.0595 e. The molecule has 20 heavy (non-hydrogen) atoms. The minimum Gasteiger partial charge on any atom is -0.398 e. The highest BCUT2D eigenvalue weighted by molar-refractivity contribution is 6.42. The van der Waals surface area contributed by atoms with E-state index in [9.17, 15) is 0 Å². The summed E-state index contributed by atoms with van der Waals surface area (Å²) in [5, 5.41) is 1.20. The summed E-state index contributed by atoms with van der Waals surface area (Å²) in [6.45, 7) is 3.89. The number of nitrogen functional groups attached to an aromatic ring is 1. The fraction of sp³-hybridized carbons (Fsp3) is 0.250. The Morgan fingerprint density at radius 3 is 2.70 bits per heavy atom. The molecule has 4 heteroatoms. The Morgan fingerprint density at radius 1 is 1.15 bits per heavy atom. The molecule has 104 valence electrons. The highest BCUT2D eigenvalue weighted by Gasteiger charge is 2.20. The molecule has 3 rings (SSSR count). The van der Waals surface area contributed by atoms with Gasteiger partial charge in [0.2, 0.25) is 0 Å². The van der Waals surface area contributed by atoms with Crippen molar-refractivity contribution < 1.29 is 0 Å². The van der Waals surface area contributed by atoms with Crippen LogP contribution < -0.4 is 10.6 Å². The molecular formula is C16H16Cl2N2. The normalized spacial score (nSPS) is 13.7. The number of anilines is 2. The van der Waals surface area contributed by atoms with Crippen LogP contribution in [0.25, 0.3) is 0 Å². The number of nitrogens with two attached hydrogens (primary N) is 1. The van der Waals surface area contributed by atoms with Crippen molar-refractivity contribution in [2.75, 3.05) is 17.2 Å². The molecule has 1 aliphatic rings. The van der Waals surface area contributed by atoms with Gasteiger partial charge in [0.15, 0.2) is 0 Å². The average molecular weight is 307 g/mol. The van der Waals surface area contributed by atoms with E-state index in [4.69, 9.17) is 28.9 Å². The Hall–Kier alpha value is -1.38. The van der Waals surface area contributed by atoms with Gasteiger partial charge in [-0.25, -0.2) is 0 Å². The predicted molar refractivity (Wildman–Crippen MR) is 86.8 cm³/mol. The molecule has 2 aromatic carbocycles. The van der Waals surface area contributed by atoms with E-state index in [-0.39, 0.29) is 0 Å². The summed E-state index contributed by atoms with van der Waals surface area (Å²) in [6, 6.07) is 10.1. The number of rotatable bonds is 2. The Bertz CT molecular complexity index is 668. The van der Waals surface area contributed by atoms with Crippen LogP contribution in [0, 0.1) is 6.92 Å². The molecular weight excluding hydrogens is 291 g/mol. The maximum absolute atomic E-state index is 6.08. The van der Waals surface area contributed by atoms with E-state index in [1.165, 1.54) is 11.3 Å². The van der Waals surface area contributed by atoms with Crippen LogP contribution in [0.15, 0.2) is 30.3 Å². The molecule has 0 aliphatic carbocycles. The molecule has 0 unspecified atom stereocenters. The number of benzene rings is 2. The Morgan fingerprint density at radius 2 is 1.95 bits per heavy atom. The van der Waals surface area contributed by atoms with Crippen LogP contribution in [-0.2, 0) is 13.0 Å². The molecule has 0 fully saturated rings. The highest BCUT2D eigenvalue weighted by Crippen LogP contribution is 2.33. The average Bonchev–Trinajstić information content (AvgIpc) is 2.77. The van der Waals surface area contributed by atoms with Crippen molar-refractivity contribution in [3.05, 3.63) is 57.1 Å². The molecule has 0 radical (unpaired) electrons. The third-order valence-electron chi connectivity index (χ3n) is 3.82. The number of hydrogen-bond donors (Lipinski definition) is 1. The van der Waals surface area contributed by atoms with E-state index in [1.54, 1.807) is 0 Å². The van der Waals surface area contributed by atoms with Gasteiger partial charge in [-0.2, -0.15) is 0 Å². The first kappa shape index (κ1) is 13.6. The monoisotopic (exact) mass is 306 g/mol. The summed E-state index contributed by atoms with van der Waals surface area (Å²) in [5.41, 5.74) is 11.8. The zero-order chi connectivity index (χ0) is 14.3. The second-order valence-corrected chi connectivity index (χ2v) is 6.07. The minimum absolute atomic E-state index is 0.595. The van der Waals surface area contributed by atoms with Gasteiger partial charge in [-0.3, -0.25) is 0 Å². The first-order valence-electron chi connectivity index (χ1n) is 6.62. The van der Waals surface area contributed by atoms with Gasteiger partial charge in [-0.15, -0.1) is 0 Å². The van der Waals surface area contributed by atoms with Crippen molar-refractivity contribution in [2.24, 2.45) is 0 Å². The fourth-order valence-corrected chi connectivity index (χ4v) is 2.99. The molecule has 0 bridgehead atoms. The Labute approximate surface area is 129 Å². The van der Waals surface area contributed by atoms with E-state index in [0.29, 0.717) is 10.0 Å². The van der Waals surface area contributed by atoms with Crippen LogP contribution >= 0.6 is 23.2 Å². The van der Waals surface area contributed by atoms with Gasteiger partial charge in [0.1, 0.15) is 0 Å². The van der Waals surface area contributed by atoms with Gasteiger partial charge < -0.3 is 10.6 Å². The van der Waals surface area contributed by atoms with Crippen molar-refractivity contribution in [3.63, 3.8) is 0 Å². The third-order valence-corrected chi connectivity index (χ3v) is 4.56. The molecule has 0 spiro atoms. The zero-order valence-corrected chi connectivity index (χ0v) is 12.8. The van der Waals surface area contributed by atoms with Crippen molar-refractivity contribution in [3.8, 4) is 0 Å². The largest absolute Gasteiger partial charge is 0.398 e. The van der Waals surface area contributed by atoms with Crippen molar-refractivity contribution in [1.29, 1.82) is 0 Å². The molecule has 0 amide bonds. The van der Waals surface area contributed by atoms with Crippen LogP contribution in [0.2, 0.25) is 10.0 Å². The van der Waals surface area contributed by atoms with Crippen LogP contribution in [0.1, 0.15) is 16.7 Å². The molecule has 0 aromatic heterocycles. The standard InChI is InChI=1S/C16H16Cl2N2/c1-10-6-12-4-5-20(16(12)8-15(10)19)9-11-2-3-13(17)14(18)7-11/h2-3,6-8H,4-5,9,19H2,1H3. The van der Waals surface area contributed by atoms with Gasteiger partial charge in [0.05, 0.1) is 10.0 Å². The molecule has 2 N–H and O–H groups in total. The lowest BCUT2D eigenvalue weighted by atomic mass is 10.1. The van der Waals surface area contributed by atoms with Gasteiger partial charge in [0, 0.05) is 24.5 Å². The number of fused-ring (bicyclic) bond motifs is 1. The van der Waals surface area contributed by atoms with Crippen molar-refractivity contribution in [2.45, 2.75) is 19.9 Å². The first-order valence-corrected chi connectivity index (χ1v) is 7.38. The van der Waals surface area contributed by atoms with Crippen molar-refractivity contribution in [1.82, 2.24) is 0 Å². The minimum atomic E-state index is 0.595. The summed E-state index contributed by atoms with van der Waals surface area (Å²) < 4.78 is 0. The van der Waals surface area contributed by atoms with Crippen LogP contribution in [-0.4, -0.2) is 6.54 Å². The Kier molecular flexibility index (Phi) is 3.53. The summed E-state index contributed by atoms with van der Waals surface area (Å²) in [4.78, 5) is 2.34. The van der Waals surface area contributed by atoms with E-state index < -0.39 is 0 Å². The first-order chi connectivity index (χ1) is 9.54. The summed E-state index contributed by atoms with van der Waals surface area (Å²) in [5.74, 6) is 0. The van der Waals surface area contributed by atoms with Crippen LogP contribution in [0.4, 0.5) is 11.4 Å². The molecule has 2 nitrogen and oxygen atoms in total. The van der Waals surface area contributed by atoms with Crippen molar-refractivity contribution >= 4 is 34.6 Å². The summed E-state index contributed by atoms with van der Waals surface area (Å²) in [6.07, 6.45) is 1.07. The van der Waals surface area contributed by atoms with Gasteiger partial charge in [-0.05, 0) is 48.2 Å². The highest BCUT2D eigenvalue weighted by atomic mass is 35.5. The van der Waals surface area contributed by atoms with Gasteiger partial charge >= 0.3 is 0 Å².